The summed E-state index contributed by atoms with van der Waals surface area (Å²) in [7, 11) is 0. The number of ether oxygens (including phenoxy) is 1. The molecule has 2 heterocycles. The largest absolute Gasteiger partial charge is 0.478 e. The van der Waals surface area contributed by atoms with Gasteiger partial charge in [0.1, 0.15) is 0 Å². The second-order valence-corrected chi connectivity index (χ2v) is 6.93. The molecule has 3 rings (SSSR count). The summed E-state index contributed by atoms with van der Waals surface area (Å²) in [6.45, 7) is 3.67. The number of carboxylic acids is 1. The number of allylic oxidation sites excluding steroid dienone is 1. The lowest BCUT2D eigenvalue weighted by atomic mass is 10.0. The number of hydrogen-bond acceptors (Lipinski definition) is 6. The van der Waals surface area contributed by atoms with Crippen molar-refractivity contribution in [3.05, 3.63) is 34.0 Å². The maximum atomic E-state index is 11.7. The molecule has 2 fully saturated rings. The van der Waals surface area contributed by atoms with Gasteiger partial charge in [-0.2, -0.15) is 0 Å². The Balaban J connectivity index is 1.96. The molecular formula is C18H23N3O5. The maximum absolute atomic E-state index is 11.7. The average Bonchev–Trinajstić information content (AvgIpc) is 3.43. The molecule has 1 N–H and O–H groups in total. The van der Waals surface area contributed by atoms with Crippen LogP contribution in [0.5, 0.6) is 0 Å². The topological polar surface area (TPSA) is 106 Å². The van der Waals surface area contributed by atoms with E-state index >= 15 is 0 Å². The van der Waals surface area contributed by atoms with Gasteiger partial charge in [0.15, 0.2) is 0 Å². The van der Waals surface area contributed by atoms with Crippen molar-refractivity contribution in [3.63, 3.8) is 0 Å². The molecule has 1 aromatic heterocycles. The Labute approximate surface area is 151 Å². The Morgan fingerprint density at radius 2 is 2.12 bits per heavy atom. The Morgan fingerprint density at radius 3 is 2.69 bits per heavy atom. The minimum absolute atomic E-state index is 0.0761. The van der Waals surface area contributed by atoms with Gasteiger partial charge in [-0.05, 0) is 44.1 Å². The molecule has 1 saturated heterocycles. The predicted molar refractivity (Wildman–Crippen MR) is 96.1 cm³/mol. The van der Waals surface area contributed by atoms with E-state index in [1.54, 1.807) is 6.92 Å². The molecule has 0 atom stereocenters. The molecule has 26 heavy (non-hydrogen) atoms. The molecule has 0 aromatic carbocycles. The van der Waals surface area contributed by atoms with Crippen LogP contribution in [-0.2, 0) is 9.53 Å². The summed E-state index contributed by atoms with van der Waals surface area (Å²) in [4.78, 5) is 28.6. The zero-order chi connectivity index (χ0) is 18.7. The van der Waals surface area contributed by atoms with Crippen LogP contribution in [0.25, 0.3) is 5.57 Å². The SMILES string of the molecule is CC(=CC(=O)O)c1cnc(N(CC2CC2)C2CCOCC2)c([N+](=O)[O-])c1. The average molecular weight is 361 g/mol. The van der Waals surface area contributed by atoms with Gasteiger partial charge in [0.25, 0.3) is 0 Å². The fourth-order valence-electron chi connectivity index (χ4n) is 3.27. The number of nitrogens with zero attached hydrogens (tertiary/aromatic N) is 3. The molecule has 0 amide bonds. The van der Waals surface area contributed by atoms with E-state index < -0.39 is 10.9 Å². The fraction of sp³-hybridized carbons (Fsp3) is 0.556. The molecule has 1 aliphatic heterocycles. The molecule has 140 valence electrons. The second-order valence-electron chi connectivity index (χ2n) is 6.93. The van der Waals surface area contributed by atoms with Crippen molar-refractivity contribution in [1.29, 1.82) is 0 Å². The summed E-state index contributed by atoms with van der Waals surface area (Å²) in [5.41, 5.74) is 0.799. The normalized spacial score (nSPS) is 18.6. The van der Waals surface area contributed by atoms with E-state index in [0.29, 0.717) is 36.1 Å². The quantitative estimate of drug-likeness (QED) is 0.452. The molecule has 8 nitrogen and oxygen atoms in total. The number of pyridine rings is 1. The molecule has 1 saturated carbocycles. The number of aromatic nitrogens is 1. The van der Waals surface area contributed by atoms with Gasteiger partial charge in [0.2, 0.25) is 5.82 Å². The van der Waals surface area contributed by atoms with Crippen LogP contribution in [0.4, 0.5) is 11.5 Å². The highest BCUT2D eigenvalue weighted by atomic mass is 16.6. The maximum Gasteiger partial charge on any atom is 0.328 e. The van der Waals surface area contributed by atoms with Crippen molar-refractivity contribution in [1.82, 2.24) is 4.98 Å². The number of nitro groups is 1. The molecular weight excluding hydrogens is 338 g/mol. The Hall–Kier alpha value is -2.48. The highest BCUT2D eigenvalue weighted by molar-refractivity contribution is 5.89. The highest BCUT2D eigenvalue weighted by Crippen LogP contribution is 2.37. The Kier molecular flexibility index (Phi) is 5.51. The molecule has 1 aromatic rings. The first-order valence-corrected chi connectivity index (χ1v) is 8.86. The summed E-state index contributed by atoms with van der Waals surface area (Å²) in [5.74, 6) is -0.153. The zero-order valence-electron chi connectivity index (χ0n) is 14.8. The lowest BCUT2D eigenvalue weighted by Gasteiger charge is -2.35. The number of carbonyl (C=O) groups is 1. The lowest BCUT2D eigenvalue weighted by Crippen LogP contribution is -2.41. The van der Waals surface area contributed by atoms with Crippen LogP contribution in [0.3, 0.4) is 0 Å². The first-order valence-electron chi connectivity index (χ1n) is 8.86. The van der Waals surface area contributed by atoms with Gasteiger partial charge in [-0.1, -0.05) is 0 Å². The molecule has 8 heteroatoms. The van der Waals surface area contributed by atoms with Gasteiger partial charge in [-0.3, -0.25) is 10.1 Å². The number of carboxylic acid groups (broad SMARTS) is 1. The van der Waals surface area contributed by atoms with Crippen LogP contribution < -0.4 is 4.90 Å². The minimum Gasteiger partial charge on any atom is -0.478 e. The van der Waals surface area contributed by atoms with E-state index in [2.05, 4.69) is 9.88 Å². The fourth-order valence-corrected chi connectivity index (χ4v) is 3.27. The van der Waals surface area contributed by atoms with E-state index in [1.807, 2.05) is 0 Å². The van der Waals surface area contributed by atoms with Crippen LogP contribution >= 0.6 is 0 Å². The smallest absolute Gasteiger partial charge is 0.328 e. The summed E-state index contributed by atoms with van der Waals surface area (Å²) in [5, 5.41) is 20.6. The van der Waals surface area contributed by atoms with Crippen LogP contribution in [-0.4, -0.2) is 46.8 Å². The second kappa shape index (κ2) is 7.82. The van der Waals surface area contributed by atoms with Crippen LogP contribution in [0.1, 0.15) is 38.2 Å². The Bertz CT molecular complexity index is 724. The van der Waals surface area contributed by atoms with Crippen LogP contribution in [0, 0.1) is 16.0 Å². The third-order valence-electron chi connectivity index (χ3n) is 4.89. The van der Waals surface area contributed by atoms with Crippen LogP contribution in [0.15, 0.2) is 18.3 Å². The van der Waals surface area contributed by atoms with E-state index in [-0.39, 0.29) is 11.7 Å². The molecule has 2 aliphatic rings. The standard InChI is InChI=1S/C18H23N3O5/c1-12(8-17(22)23)14-9-16(21(24)25)18(19-10-14)20(11-13-2-3-13)15-4-6-26-7-5-15/h8-10,13,15H,2-7,11H2,1H3,(H,22,23). The predicted octanol–water partition coefficient (Wildman–Crippen LogP) is 2.87. The van der Waals surface area contributed by atoms with Crippen LogP contribution in [0.2, 0.25) is 0 Å². The van der Waals surface area contributed by atoms with E-state index in [1.165, 1.54) is 12.3 Å². The monoisotopic (exact) mass is 361 g/mol. The van der Waals surface area contributed by atoms with Gasteiger partial charge in [0, 0.05) is 49.7 Å². The first-order chi connectivity index (χ1) is 12.5. The van der Waals surface area contributed by atoms with Crippen molar-refractivity contribution >= 4 is 23.0 Å². The number of rotatable bonds is 7. The summed E-state index contributed by atoms with van der Waals surface area (Å²) in [6.07, 6.45) is 6.49. The summed E-state index contributed by atoms with van der Waals surface area (Å²) in [6, 6.07) is 1.60. The summed E-state index contributed by atoms with van der Waals surface area (Å²) >= 11 is 0. The molecule has 1 aliphatic carbocycles. The number of aliphatic carboxylic acids is 1. The van der Waals surface area contributed by atoms with Gasteiger partial charge in [-0.25, -0.2) is 9.78 Å². The van der Waals surface area contributed by atoms with Gasteiger partial charge >= 0.3 is 11.7 Å². The highest BCUT2D eigenvalue weighted by Gasteiger charge is 2.33. The number of hydrogen-bond donors (Lipinski definition) is 1. The van der Waals surface area contributed by atoms with Crippen molar-refractivity contribution < 1.29 is 19.6 Å². The van der Waals surface area contributed by atoms with Crippen molar-refractivity contribution in [2.24, 2.45) is 5.92 Å². The zero-order valence-corrected chi connectivity index (χ0v) is 14.8. The number of anilines is 1. The van der Waals surface area contributed by atoms with Gasteiger partial charge in [0.05, 0.1) is 4.92 Å². The Morgan fingerprint density at radius 1 is 1.42 bits per heavy atom. The lowest BCUT2D eigenvalue weighted by molar-refractivity contribution is -0.384. The van der Waals surface area contributed by atoms with E-state index in [9.17, 15) is 14.9 Å². The molecule has 0 bridgehead atoms. The van der Waals surface area contributed by atoms with E-state index in [4.69, 9.17) is 9.84 Å². The van der Waals surface area contributed by atoms with Crippen molar-refractivity contribution in [3.8, 4) is 0 Å². The van der Waals surface area contributed by atoms with Gasteiger partial charge in [-0.15, -0.1) is 0 Å². The van der Waals surface area contributed by atoms with E-state index in [0.717, 1.165) is 38.3 Å². The molecule has 0 spiro atoms. The minimum atomic E-state index is -1.09. The van der Waals surface area contributed by atoms with Crippen molar-refractivity contribution in [2.45, 2.75) is 38.6 Å². The third kappa shape index (κ3) is 4.37. The molecule has 0 unspecified atom stereocenters. The summed E-state index contributed by atoms with van der Waals surface area (Å²) < 4.78 is 5.43. The van der Waals surface area contributed by atoms with Crippen molar-refractivity contribution in [2.75, 3.05) is 24.7 Å². The van der Waals surface area contributed by atoms with Gasteiger partial charge < -0.3 is 14.7 Å². The first kappa shape index (κ1) is 18.3. The third-order valence-corrected chi connectivity index (χ3v) is 4.89. The molecule has 0 radical (unpaired) electrons.